The molecule has 9 heteroatoms. The molecule has 0 fully saturated rings. The average Bonchev–Trinajstić information content (AvgIpc) is 2.82. The fourth-order valence-electron chi connectivity index (χ4n) is 2.98. The van der Waals surface area contributed by atoms with E-state index in [0.29, 0.717) is 22.7 Å². The molecule has 2 aromatic carbocycles. The van der Waals surface area contributed by atoms with Crippen LogP contribution in [-0.4, -0.2) is 52.6 Å². The number of hydrogen-bond donors (Lipinski definition) is 0. The summed E-state index contributed by atoms with van der Waals surface area (Å²) in [5, 5.41) is 0. The SMILES string of the molecule is COC(=O)C1=C(C(=O)OC)N(c2cccc(Oc3ccc(C(=O)OC)cc3)c2)COC1. The number of carbonyl (C=O) groups is 3. The molecule has 31 heavy (non-hydrogen) atoms. The monoisotopic (exact) mass is 427 g/mol. The van der Waals surface area contributed by atoms with Crippen molar-refractivity contribution in [2.24, 2.45) is 0 Å². The quantitative estimate of drug-likeness (QED) is 0.509. The summed E-state index contributed by atoms with van der Waals surface area (Å²) in [5.41, 5.74) is 1.05. The molecule has 0 aromatic heterocycles. The number of benzene rings is 2. The molecule has 0 bridgehead atoms. The summed E-state index contributed by atoms with van der Waals surface area (Å²) in [6, 6.07) is 13.3. The molecule has 0 saturated carbocycles. The number of esters is 3. The third-order valence-electron chi connectivity index (χ3n) is 4.47. The first-order valence-corrected chi connectivity index (χ1v) is 9.19. The van der Waals surface area contributed by atoms with Gasteiger partial charge in [-0.25, -0.2) is 14.4 Å². The predicted octanol–water partition coefficient (Wildman–Crippen LogP) is 2.66. The minimum absolute atomic E-state index is 0.0300. The lowest BCUT2D eigenvalue weighted by Crippen LogP contribution is -2.38. The third-order valence-corrected chi connectivity index (χ3v) is 4.47. The fraction of sp³-hybridized carbons (Fsp3) is 0.227. The highest BCUT2D eigenvalue weighted by Gasteiger charge is 2.32. The van der Waals surface area contributed by atoms with Gasteiger partial charge in [0.1, 0.15) is 23.9 Å². The molecule has 0 spiro atoms. The first-order chi connectivity index (χ1) is 15.0. The first-order valence-electron chi connectivity index (χ1n) is 9.19. The molecule has 1 heterocycles. The van der Waals surface area contributed by atoms with Crippen molar-refractivity contribution >= 4 is 23.6 Å². The van der Waals surface area contributed by atoms with Gasteiger partial charge in [0.15, 0.2) is 0 Å². The standard InChI is InChI=1S/C22H21NO8/c1-27-20(24)14-7-9-16(10-8-14)31-17-6-4-5-15(11-17)23-13-30-12-18(21(25)28-2)19(23)22(26)29-3/h4-11H,12-13H2,1-3H3. The molecule has 2 aromatic rings. The topological polar surface area (TPSA) is 101 Å². The van der Waals surface area contributed by atoms with Gasteiger partial charge >= 0.3 is 17.9 Å². The van der Waals surface area contributed by atoms with Crippen LogP contribution >= 0.6 is 0 Å². The maximum Gasteiger partial charge on any atom is 0.355 e. The molecule has 0 unspecified atom stereocenters. The summed E-state index contributed by atoms with van der Waals surface area (Å²) in [5.74, 6) is -0.838. The number of methoxy groups -OCH3 is 3. The second-order valence-corrected chi connectivity index (χ2v) is 6.33. The lowest BCUT2D eigenvalue weighted by molar-refractivity contribution is -0.140. The number of hydrogen-bond acceptors (Lipinski definition) is 9. The molecule has 1 aliphatic heterocycles. The Labute approximate surface area is 178 Å². The molecule has 0 amide bonds. The summed E-state index contributed by atoms with van der Waals surface area (Å²) in [4.78, 5) is 37.6. The van der Waals surface area contributed by atoms with Crippen LogP contribution in [0.1, 0.15) is 10.4 Å². The Kier molecular flexibility index (Phi) is 6.88. The number of nitrogens with zero attached hydrogens (tertiary/aromatic N) is 1. The first kappa shape index (κ1) is 21.8. The average molecular weight is 427 g/mol. The number of ether oxygens (including phenoxy) is 5. The maximum atomic E-state index is 12.4. The normalized spacial score (nSPS) is 13.5. The number of carbonyl (C=O) groups excluding carboxylic acids is 3. The van der Waals surface area contributed by atoms with Gasteiger partial charge in [0, 0.05) is 11.8 Å². The summed E-state index contributed by atoms with van der Waals surface area (Å²) in [6.45, 7) is -0.0431. The molecule has 0 radical (unpaired) electrons. The van der Waals surface area contributed by atoms with E-state index >= 15 is 0 Å². The van der Waals surface area contributed by atoms with Crippen LogP contribution in [0.2, 0.25) is 0 Å². The Morgan fingerprint density at radius 1 is 0.839 bits per heavy atom. The van der Waals surface area contributed by atoms with Crippen LogP contribution in [0.3, 0.4) is 0 Å². The zero-order valence-corrected chi connectivity index (χ0v) is 17.2. The number of anilines is 1. The molecule has 162 valence electrons. The van der Waals surface area contributed by atoms with Crippen LogP contribution in [0.5, 0.6) is 11.5 Å². The Balaban J connectivity index is 1.90. The molecule has 0 aliphatic carbocycles. The van der Waals surface area contributed by atoms with Crippen LogP contribution in [-0.2, 0) is 28.5 Å². The molecule has 0 saturated heterocycles. The summed E-state index contributed by atoms with van der Waals surface area (Å²) < 4.78 is 25.6. The van der Waals surface area contributed by atoms with Gasteiger partial charge in [0.25, 0.3) is 0 Å². The molecule has 3 rings (SSSR count). The smallest absolute Gasteiger partial charge is 0.355 e. The Morgan fingerprint density at radius 3 is 2.16 bits per heavy atom. The van der Waals surface area contributed by atoms with E-state index in [9.17, 15) is 14.4 Å². The highest BCUT2D eigenvalue weighted by molar-refractivity contribution is 6.03. The van der Waals surface area contributed by atoms with Gasteiger partial charge in [-0.3, -0.25) is 0 Å². The lowest BCUT2D eigenvalue weighted by Gasteiger charge is -2.31. The van der Waals surface area contributed by atoms with Gasteiger partial charge in [-0.05, 0) is 36.4 Å². The predicted molar refractivity (Wildman–Crippen MR) is 109 cm³/mol. The third kappa shape index (κ3) is 4.84. The van der Waals surface area contributed by atoms with E-state index in [1.54, 1.807) is 48.5 Å². The lowest BCUT2D eigenvalue weighted by atomic mass is 10.1. The van der Waals surface area contributed by atoms with Gasteiger partial charge in [0.2, 0.25) is 0 Å². The highest BCUT2D eigenvalue weighted by atomic mass is 16.5. The van der Waals surface area contributed by atoms with Gasteiger partial charge in [-0.1, -0.05) is 6.07 Å². The zero-order valence-electron chi connectivity index (χ0n) is 17.2. The van der Waals surface area contributed by atoms with Crippen LogP contribution in [0, 0.1) is 0 Å². The summed E-state index contributed by atoms with van der Waals surface area (Å²) in [6.07, 6.45) is 0. The van der Waals surface area contributed by atoms with Crippen LogP contribution < -0.4 is 9.64 Å². The Bertz CT molecular complexity index is 1010. The van der Waals surface area contributed by atoms with Crippen LogP contribution in [0.25, 0.3) is 0 Å². The summed E-state index contributed by atoms with van der Waals surface area (Å²) in [7, 11) is 3.77. The van der Waals surface area contributed by atoms with E-state index in [-0.39, 0.29) is 24.6 Å². The van der Waals surface area contributed by atoms with E-state index in [1.807, 2.05) is 0 Å². The zero-order chi connectivity index (χ0) is 22.4. The molecular formula is C22H21NO8. The van der Waals surface area contributed by atoms with E-state index < -0.39 is 17.9 Å². The number of rotatable bonds is 6. The van der Waals surface area contributed by atoms with Gasteiger partial charge in [-0.15, -0.1) is 0 Å². The van der Waals surface area contributed by atoms with E-state index in [4.69, 9.17) is 18.9 Å². The molecule has 0 N–H and O–H groups in total. The second-order valence-electron chi connectivity index (χ2n) is 6.33. The van der Waals surface area contributed by atoms with Crippen molar-refractivity contribution in [3.05, 3.63) is 65.4 Å². The van der Waals surface area contributed by atoms with Crippen molar-refractivity contribution in [1.29, 1.82) is 0 Å². The minimum atomic E-state index is -0.687. The van der Waals surface area contributed by atoms with Crippen molar-refractivity contribution < 1.29 is 38.1 Å². The van der Waals surface area contributed by atoms with E-state index in [2.05, 4.69) is 4.74 Å². The fourth-order valence-corrected chi connectivity index (χ4v) is 2.98. The molecule has 0 atom stereocenters. The van der Waals surface area contributed by atoms with Crippen molar-refractivity contribution in [3.63, 3.8) is 0 Å². The molecule has 9 nitrogen and oxygen atoms in total. The highest BCUT2D eigenvalue weighted by Crippen LogP contribution is 2.31. The minimum Gasteiger partial charge on any atom is -0.466 e. The second kappa shape index (κ2) is 9.77. The Morgan fingerprint density at radius 2 is 1.52 bits per heavy atom. The van der Waals surface area contributed by atoms with Crippen LogP contribution in [0.4, 0.5) is 5.69 Å². The van der Waals surface area contributed by atoms with Gasteiger partial charge in [-0.2, -0.15) is 0 Å². The van der Waals surface area contributed by atoms with E-state index in [1.165, 1.54) is 26.2 Å². The molecular weight excluding hydrogens is 406 g/mol. The largest absolute Gasteiger partial charge is 0.466 e. The van der Waals surface area contributed by atoms with E-state index in [0.717, 1.165) is 0 Å². The van der Waals surface area contributed by atoms with Crippen molar-refractivity contribution in [1.82, 2.24) is 0 Å². The summed E-state index contributed by atoms with van der Waals surface area (Å²) >= 11 is 0. The Hall–Kier alpha value is -3.85. The maximum absolute atomic E-state index is 12.4. The van der Waals surface area contributed by atoms with Gasteiger partial charge < -0.3 is 28.6 Å². The molecule has 1 aliphatic rings. The van der Waals surface area contributed by atoms with Crippen molar-refractivity contribution in [2.45, 2.75) is 0 Å². The van der Waals surface area contributed by atoms with Crippen molar-refractivity contribution in [2.75, 3.05) is 39.6 Å². The van der Waals surface area contributed by atoms with Crippen molar-refractivity contribution in [3.8, 4) is 11.5 Å². The van der Waals surface area contributed by atoms with Gasteiger partial charge in [0.05, 0.1) is 39.1 Å². The van der Waals surface area contributed by atoms with Crippen LogP contribution in [0.15, 0.2) is 59.8 Å².